The number of carbonyl (C=O) groups is 1. The van der Waals surface area contributed by atoms with E-state index in [0.29, 0.717) is 17.1 Å². The first-order chi connectivity index (χ1) is 10.3. The third-order valence-corrected chi connectivity index (χ3v) is 3.49. The summed E-state index contributed by atoms with van der Waals surface area (Å²) in [5.41, 5.74) is 1.27. The van der Waals surface area contributed by atoms with Gasteiger partial charge in [0.05, 0.1) is 23.5 Å². The summed E-state index contributed by atoms with van der Waals surface area (Å²) in [6.45, 7) is 0.265. The third kappa shape index (κ3) is 3.26. The SMILES string of the molecule is O=C(NCc1nccnc1-c1ccco1)Nc1cccs1. The van der Waals surface area contributed by atoms with E-state index in [4.69, 9.17) is 4.42 Å². The Kier molecular flexibility index (Phi) is 3.92. The number of carbonyl (C=O) groups excluding carboxylic acids is 1. The average Bonchev–Trinajstić information content (AvgIpc) is 3.18. The van der Waals surface area contributed by atoms with Crippen LogP contribution in [0.2, 0.25) is 0 Å². The second kappa shape index (κ2) is 6.19. The summed E-state index contributed by atoms with van der Waals surface area (Å²) >= 11 is 1.46. The predicted octanol–water partition coefficient (Wildman–Crippen LogP) is 3.12. The summed E-state index contributed by atoms with van der Waals surface area (Å²) in [6, 6.07) is 7.01. The quantitative estimate of drug-likeness (QED) is 0.775. The molecule has 3 aromatic rings. The minimum absolute atomic E-state index is 0.265. The molecule has 2 amide bonds. The van der Waals surface area contributed by atoms with E-state index in [2.05, 4.69) is 20.6 Å². The Labute approximate surface area is 124 Å². The van der Waals surface area contributed by atoms with Crippen LogP contribution in [0.4, 0.5) is 9.80 Å². The van der Waals surface area contributed by atoms with Gasteiger partial charge >= 0.3 is 6.03 Å². The van der Waals surface area contributed by atoms with Gasteiger partial charge in [0.25, 0.3) is 0 Å². The van der Waals surface area contributed by atoms with Gasteiger partial charge in [-0.2, -0.15) is 0 Å². The van der Waals surface area contributed by atoms with Gasteiger partial charge in [-0.3, -0.25) is 10.3 Å². The summed E-state index contributed by atoms with van der Waals surface area (Å²) in [7, 11) is 0. The van der Waals surface area contributed by atoms with Crippen molar-refractivity contribution in [2.45, 2.75) is 6.54 Å². The maximum absolute atomic E-state index is 11.8. The molecular weight excluding hydrogens is 288 g/mol. The highest BCUT2D eigenvalue weighted by Crippen LogP contribution is 2.20. The smallest absolute Gasteiger partial charge is 0.320 e. The fourth-order valence-electron chi connectivity index (χ4n) is 1.79. The molecule has 0 unspecified atom stereocenters. The largest absolute Gasteiger partial charge is 0.463 e. The number of hydrogen-bond donors (Lipinski definition) is 2. The molecule has 0 atom stereocenters. The number of rotatable bonds is 4. The molecule has 0 radical (unpaired) electrons. The second-order valence-electron chi connectivity index (χ2n) is 4.11. The Morgan fingerprint density at radius 3 is 2.90 bits per heavy atom. The van der Waals surface area contributed by atoms with E-state index < -0.39 is 0 Å². The lowest BCUT2D eigenvalue weighted by Crippen LogP contribution is -2.28. The van der Waals surface area contributed by atoms with Crippen molar-refractivity contribution in [1.29, 1.82) is 0 Å². The summed E-state index contributed by atoms with van der Waals surface area (Å²) in [4.78, 5) is 20.3. The van der Waals surface area contributed by atoms with Crippen molar-refractivity contribution in [2.75, 3.05) is 5.32 Å². The lowest BCUT2D eigenvalue weighted by molar-refractivity contribution is 0.251. The van der Waals surface area contributed by atoms with Gasteiger partial charge in [-0.25, -0.2) is 9.78 Å². The number of amides is 2. The van der Waals surface area contributed by atoms with E-state index in [9.17, 15) is 4.79 Å². The number of thiophene rings is 1. The molecule has 106 valence electrons. The molecule has 21 heavy (non-hydrogen) atoms. The van der Waals surface area contributed by atoms with Gasteiger partial charge in [0.2, 0.25) is 0 Å². The Bertz CT molecular complexity index is 710. The number of hydrogen-bond acceptors (Lipinski definition) is 5. The van der Waals surface area contributed by atoms with Gasteiger partial charge in [0, 0.05) is 12.4 Å². The van der Waals surface area contributed by atoms with E-state index in [1.54, 1.807) is 30.8 Å². The lowest BCUT2D eigenvalue weighted by atomic mass is 10.2. The van der Waals surface area contributed by atoms with Crippen LogP contribution in [0.1, 0.15) is 5.69 Å². The summed E-state index contributed by atoms with van der Waals surface area (Å²) in [5.74, 6) is 0.624. The average molecular weight is 300 g/mol. The molecule has 3 rings (SSSR count). The van der Waals surface area contributed by atoms with Crippen molar-refractivity contribution in [3.63, 3.8) is 0 Å². The zero-order valence-electron chi connectivity index (χ0n) is 10.9. The highest BCUT2D eigenvalue weighted by atomic mass is 32.1. The van der Waals surface area contributed by atoms with Gasteiger partial charge in [-0.1, -0.05) is 0 Å². The molecule has 0 spiro atoms. The number of nitrogens with zero attached hydrogens (tertiary/aromatic N) is 2. The zero-order valence-corrected chi connectivity index (χ0v) is 11.8. The number of aromatic nitrogens is 2. The third-order valence-electron chi connectivity index (χ3n) is 2.70. The molecule has 0 aliphatic rings. The molecule has 7 heteroatoms. The first-order valence-corrected chi connectivity index (χ1v) is 7.13. The van der Waals surface area contributed by atoms with Crippen LogP contribution in [0.15, 0.2) is 52.7 Å². The second-order valence-corrected chi connectivity index (χ2v) is 5.06. The topological polar surface area (TPSA) is 80.1 Å². The van der Waals surface area contributed by atoms with Crippen molar-refractivity contribution >= 4 is 22.4 Å². The Balaban J connectivity index is 1.67. The molecule has 0 saturated carbocycles. The number of nitrogens with one attached hydrogen (secondary N) is 2. The van der Waals surface area contributed by atoms with Crippen LogP contribution in [-0.2, 0) is 6.54 Å². The van der Waals surface area contributed by atoms with Crippen molar-refractivity contribution in [2.24, 2.45) is 0 Å². The first-order valence-electron chi connectivity index (χ1n) is 6.25. The Morgan fingerprint density at radius 2 is 2.14 bits per heavy atom. The molecule has 0 aliphatic heterocycles. The molecule has 0 fully saturated rings. The highest BCUT2D eigenvalue weighted by Gasteiger charge is 2.11. The van der Waals surface area contributed by atoms with Crippen molar-refractivity contribution in [3.8, 4) is 11.5 Å². The van der Waals surface area contributed by atoms with E-state index in [-0.39, 0.29) is 12.6 Å². The summed E-state index contributed by atoms with van der Waals surface area (Å²) < 4.78 is 5.32. The minimum Gasteiger partial charge on any atom is -0.463 e. The van der Waals surface area contributed by atoms with Gasteiger partial charge < -0.3 is 9.73 Å². The Morgan fingerprint density at radius 1 is 1.24 bits per heavy atom. The zero-order chi connectivity index (χ0) is 14.5. The van der Waals surface area contributed by atoms with Crippen LogP contribution in [-0.4, -0.2) is 16.0 Å². The number of anilines is 1. The van der Waals surface area contributed by atoms with Crippen LogP contribution in [0.3, 0.4) is 0 Å². The van der Waals surface area contributed by atoms with E-state index >= 15 is 0 Å². The van der Waals surface area contributed by atoms with Crippen LogP contribution in [0, 0.1) is 0 Å². The molecule has 0 bridgehead atoms. The Hall–Kier alpha value is -2.67. The molecule has 0 saturated heterocycles. The summed E-state index contributed by atoms with van der Waals surface area (Å²) in [6.07, 6.45) is 4.75. The molecule has 3 heterocycles. The van der Waals surface area contributed by atoms with E-state index in [1.165, 1.54) is 11.3 Å². The fraction of sp³-hybridized carbons (Fsp3) is 0.0714. The predicted molar refractivity (Wildman–Crippen MR) is 79.9 cm³/mol. The molecule has 3 aromatic heterocycles. The van der Waals surface area contributed by atoms with Crippen molar-refractivity contribution in [1.82, 2.24) is 15.3 Å². The van der Waals surface area contributed by atoms with Gasteiger partial charge in [-0.15, -0.1) is 11.3 Å². The molecule has 0 aromatic carbocycles. The molecule has 2 N–H and O–H groups in total. The van der Waals surface area contributed by atoms with Crippen LogP contribution in [0.25, 0.3) is 11.5 Å². The number of urea groups is 1. The maximum atomic E-state index is 11.8. The van der Waals surface area contributed by atoms with Crippen LogP contribution in [0.5, 0.6) is 0 Å². The molecule has 6 nitrogen and oxygen atoms in total. The van der Waals surface area contributed by atoms with Gasteiger partial charge in [0.15, 0.2) is 5.76 Å². The van der Waals surface area contributed by atoms with E-state index in [0.717, 1.165) is 5.00 Å². The summed E-state index contributed by atoms with van der Waals surface area (Å²) in [5, 5.41) is 8.18. The highest BCUT2D eigenvalue weighted by molar-refractivity contribution is 7.14. The van der Waals surface area contributed by atoms with Crippen molar-refractivity contribution in [3.05, 3.63) is 54.0 Å². The van der Waals surface area contributed by atoms with Gasteiger partial charge in [-0.05, 0) is 29.6 Å². The van der Waals surface area contributed by atoms with Crippen molar-refractivity contribution < 1.29 is 9.21 Å². The van der Waals surface area contributed by atoms with E-state index in [1.807, 2.05) is 17.5 Å². The van der Waals surface area contributed by atoms with Gasteiger partial charge in [0.1, 0.15) is 5.69 Å². The lowest BCUT2D eigenvalue weighted by Gasteiger charge is -2.07. The minimum atomic E-state index is -0.284. The number of furan rings is 1. The van der Waals surface area contributed by atoms with Crippen LogP contribution < -0.4 is 10.6 Å². The standard InChI is InChI=1S/C14H12N4O2S/c19-14(18-12-4-2-8-21-12)17-9-10-13(16-6-5-15-10)11-3-1-7-20-11/h1-8H,9H2,(H2,17,18,19). The first kappa shape index (κ1) is 13.3. The van der Waals surface area contributed by atoms with Crippen LogP contribution >= 0.6 is 11.3 Å². The maximum Gasteiger partial charge on any atom is 0.320 e. The molecular formula is C14H12N4O2S. The molecule has 0 aliphatic carbocycles. The normalized spacial score (nSPS) is 10.3. The monoisotopic (exact) mass is 300 g/mol. The fourth-order valence-corrected chi connectivity index (χ4v) is 2.40.